The van der Waals surface area contributed by atoms with Crippen molar-refractivity contribution >= 4 is 34.5 Å². The predicted octanol–water partition coefficient (Wildman–Crippen LogP) is 3.38. The first-order valence-corrected chi connectivity index (χ1v) is 9.60. The molecular formula is C20H20N4O4S. The van der Waals surface area contributed by atoms with Crippen LogP contribution >= 0.6 is 11.3 Å². The topological polar surface area (TPSA) is 102 Å². The van der Waals surface area contributed by atoms with Crippen LogP contribution in [0.3, 0.4) is 0 Å². The van der Waals surface area contributed by atoms with Crippen LogP contribution in [0, 0.1) is 0 Å². The van der Waals surface area contributed by atoms with E-state index >= 15 is 0 Å². The number of amides is 2. The zero-order chi connectivity index (χ0) is 20.6. The number of rotatable bonds is 8. The molecule has 0 saturated carbocycles. The highest BCUT2D eigenvalue weighted by molar-refractivity contribution is 7.13. The van der Waals surface area contributed by atoms with Gasteiger partial charge in [-0.3, -0.25) is 9.59 Å². The summed E-state index contributed by atoms with van der Waals surface area (Å²) in [6.45, 7) is 0. The van der Waals surface area contributed by atoms with E-state index in [2.05, 4.69) is 20.8 Å². The van der Waals surface area contributed by atoms with Crippen molar-refractivity contribution in [1.29, 1.82) is 0 Å². The molecular weight excluding hydrogens is 392 g/mol. The molecule has 2 N–H and O–H groups in total. The van der Waals surface area contributed by atoms with Gasteiger partial charge >= 0.3 is 0 Å². The fourth-order valence-electron chi connectivity index (χ4n) is 2.48. The van der Waals surface area contributed by atoms with Crippen LogP contribution in [0.15, 0.2) is 48.5 Å². The normalized spacial score (nSPS) is 10.3. The molecule has 3 rings (SSSR count). The summed E-state index contributed by atoms with van der Waals surface area (Å²) in [5, 5.41) is 14.3. The molecule has 1 aromatic heterocycles. The number of para-hydroxylation sites is 1. The van der Waals surface area contributed by atoms with Crippen molar-refractivity contribution < 1.29 is 19.1 Å². The number of anilines is 2. The van der Waals surface area contributed by atoms with Crippen LogP contribution in [-0.4, -0.2) is 36.2 Å². The smallest absolute Gasteiger partial charge is 0.286 e. The van der Waals surface area contributed by atoms with Crippen molar-refractivity contribution in [3.8, 4) is 11.5 Å². The second kappa shape index (κ2) is 9.65. The van der Waals surface area contributed by atoms with E-state index in [4.69, 9.17) is 9.47 Å². The second-order valence-electron chi connectivity index (χ2n) is 5.97. The summed E-state index contributed by atoms with van der Waals surface area (Å²) in [6, 6.07) is 14.2. The summed E-state index contributed by atoms with van der Waals surface area (Å²) < 4.78 is 10.4. The zero-order valence-corrected chi connectivity index (χ0v) is 16.8. The number of ether oxygens (including phenoxy) is 2. The molecule has 0 aliphatic carbocycles. The number of hydrogen-bond donors (Lipinski definition) is 2. The van der Waals surface area contributed by atoms with E-state index in [0.717, 1.165) is 0 Å². The number of nitrogens with zero attached hydrogens (tertiary/aromatic N) is 2. The van der Waals surface area contributed by atoms with Crippen molar-refractivity contribution in [2.45, 2.75) is 12.8 Å². The van der Waals surface area contributed by atoms with Crippen LogP contribution in [0.25, 0.3) is 0 Å². The van der Waals surface area contributed by atoms with Crippen LogP contribution in [-0.2, 0) is 11.2 Å². The third kappa shape index (κ3) is 5.76. The highest BCUT2D eigenvalue weighted by atomic mass is 32.1. The fourth-order valence-corrected chi connectivity index (χ4v) is 3.21. The Labute approximate surface area is 171 Å². The molecule has 0 bridgehead atoms. The Bertz CT molecular complexity index is 969. The second-order valence-corrected chi connectivity index (χ2v) is 7.03. The van der Waals surface area contributed by atoms with Crippen molar-refractivity contribution in [2.75, 3.05) is 24.9 Å². The van der Waals surface area contributed by atoms with Crippen molar-refractivity contribution in [1.82, 2.24) is 10.2 Å². The first-order chi connectivity index (χ1) is 14.1. The van der Waals surface area contributed by atoms with Crippen LogP contribution in [0.2, 0.25) is 0 Å². The first-order valence-electron chi connectivity index (χ1n) is 8.79. The molecule has 0 atom stereocenters. The lowest BCUT2D eigenvalue weighted by Crippen LogP contribution is -2.12. The summed E-state index contributed by atoms with van der Waals surface area (Å²) in [6.07, 6.45) is 0.581. The quantitative estimate of drug-likeness (QED) is 0.588. The molecule has 0 radical (unpaired) electrons. The predicted molar refractivity (Wildman–Crippen MR) is 111 cm³/mol. The monoisotopic (exact) mass is 412 g/mol. The van der Waals surface area contributed by atoms with Gasteiger partial charge in [0, 0.05) is 42.4 Å². The molecule has 3 aromatic rings. The van der Waals surface area contributed by atoms with Gasteiger partial charge in [0.15, 0.2) is 0 Å². The first kappa shape index (κ1) is 20.3. The van der Waals surface area contributed by atoms with Crippen LogP contribution < -0.4 is 20.1 Å². The molecule has 29 heavy (non-hydrogen) atoms. The summed E-state index contributed by atoms with van der Waals surface area (Å²) in [5.74, 6) is 0.648. The number of aryl methyl sites for hydroxylation is 1. The lowest BCUT2D eigenvalue weighted by atomic mass is 10.2. The maximum Gasteiger partial charge on any atom is 0.286 e. The summed E-state index contributed by atoms with van der Waals surface area (Å²) in [4.78, 5) is 24.5. The third-order valence-corrected chi connectivity index (χ3v) is 4.88. The SMILES string of the molecule is COc1cc(NC(=O)CCc2nnc(C(=O)Nc3ccccc3)s2)cc(OC)c1. The van der Waals surface area contributed by atoms with E-state index in [-0.39, 0.29) is 23.2 Å². The van der Waals surface area contributed by atoms with Crippen molar-refractivity contribution in [3.05, 3.63) is 58.5 Å². The highest BCUT2D eigenvalue weighted by Gasteiger charge is 2.14. The maximum absolute atomic E-state index is 12.3. The molecule has 0 aliphatic heterocycles. The molecule has 2 amide bonds. The van der Waals surface area contributed by atoms with Gasteiger partial charge in [0.25, 0.3) is 5.91 Å². The van der Waals surface area contributed by atoms with Gasteiger partial charge in [0.05, 0.1) is 14.2 Å². The molecule has 0 saturated heterocycles. The number of carbonyl (C=O) groups excluding carboxylic acids is 2. The molecule has 150 valence electrons. The molecule has 0 unspecified atom stereocenters. The van der Waals surface area contributed by atoms with Gasteiger partial charge < -0.3 is 20.1 Å². The van der Waals surface area contributed by atoms with E-state index in [1.165, 1.54) is 11.3 Å². The van der Waals surface area contributed by atoms with Crippen molar-refractivity contribution in [2.24, 2.45) is 0 Å². The Morgan fingerprint density at radius 3 is 2.28 bits per heavy atom. The van der Waals surface area contributed by atoms with Gasteiger partial charge in [-0.25, -0.2) is 0 Å². The average Bonchev–Trinajstić information content (AvgIpc) is 3.22. The number of aromatic nitrogens is 2. The average molecular weight is 412 g/mol. The van der Waals surface area contributed by atoms with Crippen LogP contribution in [0.4, 0.5) is 11.4 Å². The van der Waals surface area contributed by atoms with E-state index in [9.17, 15) is 9.59 Å². The number of hydrogen-bond acceptors (Lipinski definition) is 7. The third-order valence-electron chi connectivity index (χ3n) is 3.89. The summed E-state index contributed by atoms with van der Waals surface area (Å²) in [5.41, 5.74) is 1.26. The van der Waals surface area contributed by atoms with Gasteiger partial charge in [0.2, 0.25) is 10.9 Å². The molecule has 8 nitrogen and oxygen atoms in total. The Morgan fingerprint density at radius 1 is 0.931 bits per heavy atom. The zero-order valence-electron chi connectivity index (χ0n) is 16.0. The summed E-state index contributed by atoms with van der Waals surface area (Å²) in [7, 11) is 3.09. The summed E-state index contributed by atoms with van der Waals surface area (Å²) >= 11 is 1.17. The Hall–Kier alpha value is -3.46. The van der Waals surface area contributed by atoms with E-state index in [1.54, 1.807) is 44.6 Å². The molecule has 2 aromatic carbocycles. The molecule has 0 fully saturated rings. The Kier molecular flexibility index (Phi) is 6.75. The van der Waals surface area contributed by atoms with Gasteiger partial charge in [-0.1, -0.05) is 29.5 Å². The largest absolute Gasteiger partial charge is 0.497 e. The molecule has 0 spiro atoms. The minimum atomic E-state index is -0.326. The maximum atomic E-state index is 12.3. The number of nitrogens with one attached hydrogen (secondary N) is 2. The molecule has 9 heteroatoms. The Morgan fingerprint density at radius 2 is 1.62 bits per heavy atom. The van der Waals surface area contributed by atoms with Crippen molar-refractivity contribution in [3.63, 3.8) is 0 Å². The number of carbonyl (C=O) groups is 2. The molecule has 1 heterocycles. The van der Waals surface area contributed by atoms with Gasteiger partial charge in [0.1, 0.15) is 16.5 Å². The van der Waals surface area contributed by atoms with Crippen LogP contribution in [0.1, 0.15) is 21.2 Å². The van der Waals surface area contributed by atoms with E-state index < -0.39 is 0 Å². The fraction of sp³-hybridized carbons (Fsp3) is 0.200. The lowest BCUT2D eigenvalue weighted by molar-refractivity contribution is -0.116. The van der Waals surface area contributed by atoms with Crippen LogP contribution in [0.5, 0.6) is 11.5 Å². The number of methoxy groups -OCH3 is 2. The van der Waals surface area contributed by atoms with Gasteiger partial charge in [-0.05, 0) is 12.1 Å². The standard InChI is InChI=1S/C20H20N4O4S/c1-27-15-10-14(11-16(12-15)28-2)21-17(25)8-9-18-23-24-20(29-18)19(26)22-13-6-4-3-5-7-13/h3-7,10-12H,8-9H2,1-2H3,(H,21,25)(H,22,26). The van der Waals surface area contributed by atoms with Gasteiger partial charge in [-0.2, -0.15) is 0 Å². The molecule has 0 aliphatic rings. The lowest BCUT2D eigenvalue weighted by Gasteiger charge is -2.09. The minimum Gasteiger partial charge on any atom is -0.497 e. The van der Waals surface area contributed by atoms with E-state index in [0.29, 0.717) is 34.3 Å². The number of benzene rings is 2. The minimum absolute atomic E-state index is 0.189. The highest BCUT2D eigenvalue weighted by Crippen LogP contribution is 2.26. The van der Waals surface area contributed by atoms with E-state index in [1.807, 2.05) is 18.2 Å². The Balaban J connectivity index is 1.54. The van der Waals surface area contributed by atoms with Gasteiger partial charge in [-0.15, -0.1) is 10.2 Å².